The van der Waals surface area contributed by atoms with Gasteiger partial charge in [-0.1, -0.05) is 25.7 Å². The number of carbonyl (C=O) groups is 2. The predicted molar refractivity (Wildman–Crippen MR) is 71.9 cm³/mol. The highest BCUT2D eigenvalue weighted by Crippen LogP contribution is 2.36. The van der Waals surface area contributed by atoms with Crippen molar-refractivity contribution in [2.24, 2.45) is 5.41 Å². The zero-order valence-electron chi connectivity index (χ0n) is 11.6. The van der Waals surface area contributed by atoms with Crippen molar-refractivity contribution in [2.75, 3.05) is 6.54 Å². The molecule has 0 aromatic carbocycles. The third-order valence-corrected chi connectivity index (χ3v) is 4.52. The van der Waals surface area contributed by atoms with Crippen LogP contribution in [0.3, 0.4) is 0 Å². The van der Waals surface area contributed by atoms with Gasteiger partial charge in [0.1, 0.15) is 0 Å². The van der Waals surface area contributed by atoms with Crippen molar-refractivity contribution < 1.29 is 14.7 Å². The number of carbonyl (C=O) groups excluding carboxylic acids is 1. The molecule has 3 N–H and O–H groups in total. The van der Waals surface area contributed by atoms with Gasteiger partial charge in [0.15, 0.2) is 0 Å². The minimum Gasteiger partial charge on any atom is -0.481 e. The molecule has 2 saturated carbocycles. The Morgan fingerprint density at radius 2 is 1.63 bits per heavy atom. The van der Waals surface area contributed by atoms with Crippen LogP contribution < -0.4 is 10.6 Å². The van der Waals surface area contributed by atoms with Crippen LogP contribution in [0.4, 0.5) is 4.79 Å². The molecule has 5 nitrogen and oxygen atoms in total. The van der Waals surface area contributed by atoms with E-state index >= 15 is 0 Å². The average molecular weight is 268 g/mol. The number of urea groups is 1. The Balaban J connectivity index is 1.89. The Morgan fingerprint density at radius 1 is 1.05 bits per heavy atom. The summed E-state index contributed by atoms with van der Waals surface area (Å²) < 4.78 is 0. The third-order valence-electron chi connectivity index (χ3n) is 4.52. The quantitative estimate of drug-likeness (QED) is 0.684. The van der Waals surface area contributed by atoms with Gasteiger partial charge in [0.05, 0.1) is 5.41 Å². The maximum absolute atomic E-state index is 11.8. The summed E-state index contributed by atoms with van der Waals surface area (Å²) in [5.74, 6) is -0.771. The molecule has 2 aliphatic rings. The summed E-state index contributed by atoms with van der Waals surface area (Å²) in [5, 5.41) is 15.2. The molecule has 5 heteroatoms. The van der Waals surface area contributed by atoms with Crippen LogP contribution in [0.2, 0.25) is 0 Å². The van der Waals surface area contributed by atoms with E-state index in [1.54, 1.807) is 0 Å². The number of carboxylic acids is 1. The van der Waals surface area contributed by atoms with Crippen LogP contribution in [0.25, 0.3) is 0 Å². The second-order valence-electron chi connectivity index (χ2n) is 6.37. The maximum atomic E-state index is 11.8. The topological polar surface area (TPSA) is 78.4 Å². The van der Waals surface area contributed by atoms with E-state index in [2.05, 4.69) is 10.6 Å². The molecule has 2 amide bonds. The molecule has 2 fully saturated rings. The van der Waals surface area contributed by atoms with Gasteiger partial charge in [0.25, 0.3) is 0 Å². The Labute approximate surface area is 114 Å². The van der Waals surface area contributed by atoms with Crippen molar-refractivity contribution in [3.63, 3.8) is 0 Å². The van der Waals surface area contributed by atoms with Gasteiger partial charge in [0.2, 0.25) is 0 Å². The van der Waals surface area contributed by atoms with Gasteiger partial charge in [-0.2, -0.15) is 0 Å². The number of nitrogens with one attached hydrogen (secondary N) is 2. The van der Waals surface area contributed by atoms with Gasteiger partial charge in [-0.15, -0.1) is 0 Å². The Hall–Kier alpha value is -1.26. The molecule has 0 aliphatic heterocycles. The molecule has 0 heterocycles. The summed E-state index contributed by atoms with van der Waals surface area (Å²) in [4.78, 5) is 23.3. The van der Waals surface area contributed by atoms with Gasteiger partial charge >= 0.3 is 12.0 Å². The van der Waals surface area contributed by atoms with E-state index in [9.17, 15) is 14.7 Å². The van der Waals surface area contributed by atoms with Crippen LogP contribution in [-0.2, 0) is 4.79 Å². The monoisotopic (exact) mass is 268 g/mol. The van der Waals surface area contributed by atoms with Gasteiger partial charge in [-0.25, -0.2) is 4.79 Å². The third kappa shape index (κ3) is 3.61. The smallest absolute Gasteiger partial charge is 0.315 e. The van der Waals surface area contributed by atoms with Crippen LogP contribution >= 0.6 is 0 Å². The number of hydrogen-bond acceptors (Lipinski definition) is 2. The number of hydrogen-bond donors (Lipinski definition) is 3. The lowest BCUT2D eigenvalue weighted by Gasteiger charge is -2.28. The highest BCUT2D eigenvalue weighted by Gasteiger charge is 2.41. The minimum atomic E-state index is -0.771. The van der Waals surface area contributed by atoms with Crippen LogP contribution in [-0.4, -0.2) is 29.2 Å². The molecule has 0 spiro atoms. The molecular formula is C14H24N2O3. The van der Waals surface area contributed by atoms with Crippen LogP contribution in [0.1, 0.15) is 58.3 Å². The normalized spacial score (nSPS) is 24.1. The fraction of sp³-hybridized carbons (Fsp3) is 0.857. The summed E-state index contributed by atoms with van der Waals surface area (Å²) in [6.45, 7) is 2.25. The minimum absolute atomic E-state index is 0.0656. The molecule has 108 valence electrons. The summed E-state index contributed by atoms with van der Waals surface area (Å²) in [7, 11) is 0. The lowest BCUT2D eigenvalue weighted by Crippen LogP contribution is -2.48. The summed E-state index contributed by atoms with van der Waals surface area (Å²) >= 11 is 0. The van der Waals surface area contributed by atoms with E-state index < -0.39 is 11.4 Å². The zero-order chi connectivity index (χ0) is 13.9. The van der Waals surface area contributed by atoms with E-state index in [0.29, 0.717) is 12.8 Å². The molecule has 19 heavy (non-hydrogen) atoms. The van der Waals surface area contributed by atoms with Crippen LogP contribution in [0.5, 0.6) is 0 Å². The van der Waals surface area contributed by atoms with Gasteiger partial charge in [-0.3, -0.25) is 4.79 Å². The Kier molecular flexibility index (Phi) is 4.02. The van der Waals surface area contributed by atoms with E-state index in [1.807, 2.05) is 6.92 Å². The van der Waals surface area contributed by atoms with Crippen molar-refractivity contribution >= 4 is 12.0 Å². The zero-order valence-corrected chi connectivity index (χ0v) is 11.6. The predicted octanol–water partition coefficient (Wildman–Crippen LogP) is 2.26. The number of carboxylic acid groups (broad SMARTS) is 1. The molecular weight excluding hydrogens is 244 g/mol. The van der Waals surface area contributed by atoms with Crippen molar-refractivity contribution in [1.29, 1.82) is 0 Å². The molecule has 0 atom stereocenters. The highest BCUT2D eigenvalue weighted by molar-refractivity contribution is 5.78. The first-order valence-electron chi connectivity index (χ1n) is 7.25. The fourth-order valence-electron chi connectivity index (χ4n) is 2.75. The summed E-state index contributed by atoms with van der Waals surface area (Å²) in [6, 6.07) is -0.232. The number of aliphatic carboxylic acids is 1. The SMILES string of the molecule is CC1(NC(=O)NCC2(C(=O)O)CCCCCC2)CC1. The number of amides is 2. The second kappa shape index (κ2) is 5.39. The van der Waals surface area contributed by atoms with Crippen molar-refractivity contribution in [1.82, 2.24) is 10.6 Å². The van der Waals surface area contributed by atoms with E-state index in [4.69, 9.17) is 0 Å². The lowest BCUT2D eigenvalue weighted by molar-refractivity contribution is -0.149. The maximum Gasteiger partial charge on any atom is 0.315 e. The highest BCUT2D eigenvalue weighted by atomic mass is 16.4. The number of rotatable bonds is 4. The van der Waals surface area contributed by atoms with Gasteiger partial charge in [0, 0.05) is 12.1 Å². The first kappa shape index (κ1) is 14.2. The molecule has 0 aromatic rings. The van der Waals surface area contributed by atoms with E-state index in [-0.39, 0.29) is 18.1 Å². The summed E-state index contributed by atoms with van der Waals surface area (Å²) in [6.07, 6.45) is 7.41. The lowest BCUT2D eigenvalue weighted by atomic mass is 9.80. The van der Waals surface area contributed by atoms with Crippen molar-refractivity contribution in [3.05, 3.63) is 0 Å². The van der Waals surface area contributed by atoms with Gasteiger partial charge in [-0.05, 0) is 32.6 Å². The summed E-state index contributed by atoms with van der Waals surface area (Å²) in [5.41, 5.74) is -0.831. The first-order chi connectivity index (χ1) is 8.96. The molecule has 0 saturated heterocycles. The van der Waals surface area contributed by atoms with Crippen LogP contribution in [0.15, 0.2) is 0 Å². The van der Waals surface area contributed by atoms with Crippen LogP contribution in [0, 0.1) is 5.41 Å². The molecule has 0 radical (unpaired) electrons. The average Bonchev–Trinajstić information content (AvgIpc) is 3.10. The fourth-order valence-corrected chi connectivity index (χ4v) is 2.75. The first-order valence-corrected chi connectivity index (χ1v) is 7.25. The molecule has 2 aliphatic carbocycles. The molecule has 0 bridgehead atoms. The van der Waals surface area contributed by atoms with Crippen molar-refractivity contribution in [3.8, 4) is 0 Å². The van der Waals surface area contributed by atoms with Gasteiger partial charge < -0.3 is 15.7 Å². The van der Waals surface area contributed by atoms with E-state index in [0.717, 1.165) is 38.5 Å². The standard InChI is InChI=1S/C14H24N2O3/c1-13(8-9-13)16-12(19)15-10-14(11(17)18)6-4-2-3-5-7-14/h2-10H2,1H3,(H,17,18)(H2,15,16,19). The van der Waals surface area contributed by atoms with Crippen molar-refractivity contribution in [2.45, 2.75) is 63.8 Å². The second-order valence-corrected chi connectivity index (χ2v) is 6.37. The van der Waals surface area contributed by atoms with E-state index in [1.165, 1.54) is 0 Å². The molecule has 0 unspecified atom stereocenters. The Morgan fingerprint density at radius 3 is 2.11 bits per heavy atom. The Bertz CT molecular complexity index is 356. The largest absolute Gasteiger partial charge is 0.481 e. The molecule has 0 aromatic heterocycles. The molecule has 2 rings (SSSR count).